The summed E-state index contributed by atoms with van der Waals surface area (Å²) in [4.78, 5) is 18.9. The van der Waals surface area contributed by atoms with E-state index in [2.05, 4.69) is 37.8 Å². The van der Waals surface area contributed by atoms with Crippen LogP contribution in [0.2, 0.25) is 0 Å². The summed E-state index contributed by atoms with van der Waals surface area (Å²) in [5.41, 5.74) is 0.723. The Morgan fingerprint density at radius 3 is 3.19 bits per heavy atom. The molecular formula is C15H16IN3OS. The van der Waals surface area contributed by atoms with Crippen LogP contribution >= 0.6 is 33.9 Å². The number of carbonyl (C=O) groups is 1. The third kappa shape index (κ3) is 3.55. The molecule has 1 amide bonds. The number of anilines is 1. The van der Waals surface area contributed by atoms with Gasteiger partial charge in [-0.1, -0.05) is 6.07 Å². The lowest BCUT2D eigenvalue weighted by molar-refractivity contribution is 0.0951. The summed E-state index contributed by atoms with van der Waals surface area (Å²) in [6, 6.07) is 8.00. The topological polar surface area (TPSA) is 45.2 Å². The molecule has 0 aliphatic carbocycles. The fourth-order valence-electron chi connectivity index (χ4n) is 2.60. The van der Waals surface area contributed by atoms with Crippen LogP contribution in [-0.2, 0) is 0 Å². The standard InChI is InChI=1S/C15H16IN3OS/c16-12-4-1-3-11(9-12)14(20)18-10-13-5-2-7-19(13)15-17-6-8-21-15/h1,3-4,6,8-9,13H,2,5,7,10H2,(H,18,20). The zero-order valence-electron chi connectivity index (χ0n) is 11.5. The van der Waals surface area contributed by atoms with Crippen molar-refractivity contribution in [3.05, 3.63) is 45.0 Å². The maximum absolute atomic E-state index is 12.2. The molecule has 0 radical (unpaired) electrons. The van der Waals surface area contributed by atoms with E-state index in [1.165, 1.54) is 0 Å². The molecule has 1 fully saturated rings. The zero-order chi connectivity index (χ0) is 14.7. The molecular weight excluding hydrogens is 397 g/mol. The molecule has 1 N–H and O–H groups in total. The average Bonchev–Trinajstić information content (AvgIpc) is 3.15. The van der Waals surface area contributed by atoms with Crippen LogP contribution in [0.4, 0.5) is 5.13 Å². The minimum atomic E-state index is -0.000459. The SMILES string of the molecule is O=C(NCC1CCCN1c1nccs1)c1cccc(I)c1. The molecule has 1 aliphatic rings. The Kier molecular flexibility index (Phi) is 4.74. The van der Waals surface area contributed by atoms with Gasteiger partial charge in [0.2, 0.25) is 0 Å². The van der Waals surface area contributed by atoms with E-state index in [9.17, 15) is 4.79 Å². The first kappa shape index (κ1) is 14.8. The average molecular weight is 413 g/mol. The lowest BCUT2D eigenvalue weighted by Gasteiger charge is -2.24. The quantitative estimate of drug-likeness (QED) is 0.784. The minimum Gasteiger partial charge on any atom is -0.350 e. The number of rotatable bonds is 4. The highest BCUT2D eigenvalue weighted by Crippen LogP contribution is 2.26. The van der Waals surface area contributed by atoms with Crippen molar-refractivity contribution in [2.75, 3.05) is 18.0 Å². The highest BCUT2D eigenvalue weighted by Gasteiger charge is 2.26. The number of thiazole rings is 1. The molecule has 0 spiro atoms. The lowest BCUT2D eigenvalue weighted by atomic mass is 10.2. The first-order chi connectivity index (χ1) is 10.2. The largest absolute Gasteiger partial charge is 0.350 e. The molecule has 4 nitrogen and oxygen atoms in total. The second kappa shape index (κ2) is 6.74. The van der Waals surface area contributed by atoms with Crippen molar-refractivity contribution < 1.29 is 4.79 Å². The van der Waals surface area contributed by atoms with Gasteiger partial charge in [0.1, 0.15) is 0 Å². The Balaban J connectivity index is 1.61. The molecule has 2 heterocycles. The summed E-state index contributed by atoms with van der Waals surface area (Å²) >= 11 is 3.88. The van der Waals surface area contributed by atoms with Crippen molar-refractivity contribution in [2.45, 2.75) is 18.9 Å². The maximum Gasteiger partial charge on any atom is 0.251 e. The Morgan fingerprint density at radius 2 is 2.43 bits per heavy atom. The van der Waals surface area contributed by atoms with Crippen LogP contribution in [0.25, 0.3) is 0 Å². The number of halogens is 1. The number of nitrogens with one attached hydrogen (secondary N) is 1. The van der Waals surface area contributed by atoms with Crippen LogP contribution in [0.1, 0.15) is 23.2 Å². The van der Waals surface area contributed by atoms with Crippen LogP contribution in [-0.4, -0.2) is 30.0 Å². The normalized spacial score (nSPS) is 18.0. The molecule has 1 atom stereocenters. The fraction of sp³-hybridized carbons (Fsp3) is 0.333. The van der Waals surface area contributed by atoms with Gasteiger partial charge in [0.05, 0.1) is 0 Å². The summed E-state index contributed by atoms with van der Waals surface area (Å²) in [6.07, 6.45) is 4.09. The summed E-state index contributed by atoms with van der Waals surface area (Å²) in [6.45, 7) is 1.70. The Morgan fingerprint density at radius 1 is 1.52 bits per heavy atom. The molecule has 1 unspecified atom stereocenters. The summed E-state index contributed by atoms with van der Waals surface area (Å²) in [5.74, 6) is -0.000459. The third-order valence-corrected chi connectivity index (χ3v) is 5.11. The van der Waals surface area contributed by atoms with Gasteiger partial charge in [-0.2, -0.15) is 0 Å². The summed E-state index contributed by atoms with van der Waals surface area (Å²) < 4.78 is 1.07. The van der Waals surface area contributed by atoms with Crippen molar-refractivity contribution in [2.24, 2.45) is 0 Å². The number of amides is 1. The second-order valence-corrected chi connectivity index (χ2v) is 7.14. The monoisotopic (exact) mass is 413 g/mol. The molecule has 1 aromatic heterocycles. The lowest BCUT2D eigenvalue weighted by Crippen LogP contribution is -2.40. The van der Waals surface area contributed by atoms with Crippen LogP contribution in [0.5, 0.6) is 0 Å². The number of nitrogens with zero attached hydrogens (tertiary/aromatic N) is 2. The van der Waals surface area contributed by atoms with Crippen LogP contribution in [0, 0.1) is 3.57 Å². The van der Waals surface area contributed by atoms with Crippen LogP contribution in [0.15, 0.2) is 35.8 Å². The van der Waals surface area contributed by atoms with Gasteiger partial charge in [0.25, 0.3) is 5.91 Å². The number of hydrogen-bond acceptors (Lipinski definition) is 4. The summed E-state index contributed by atoms with van der Waals surface area (Å²) in [5, 5.41) is 6.10. The van der Waals surface area contributed by atoms with E-state index in [4.69, 9.17) is 0 Å². The van der Waals surface area contributed by atoms with Gasteiger partial charge in [-0.25, -0.2) is 4.98 Å². The Bertz CT molecular complexity index is 617. The van der Waals surface area contributed by atoms with Crippen molar-refractivity contribution in [3.63, 3.8) is 0 Å². The molecule has 0 saturated carbocycles. The molecule has 1 saturated heterocycles. The molecule has 110 valence electrons. The van der Waals surface area contributed by atoms with Crippen LogP contribution in [0.3, 0.4) is 0 Å². The number of carbonyl (C=O) groups excluding carboxylic acids is 1. The van der Waals surface area contributed by atoms with Crippen molar-refractivity contribution in [1.29, 1.82) is 0 Å². The molecule has 1 aromatic carbocycles. The van der Waals surface area contributed by atoms with Gasteiger partial charge in [0, 0.05) is 39.8 Å². The van der Waals surface area contributed by atoms with E-state index in [0.29, 0.717) is 12.6 Å². The van der Waals surface area contributed by atoms with E-state index >= 15 is 0 Å². The van der Waals surface area contributed by atoms with Crippen molar-refractivity contribution >= 4 is 45.0 Å². The predicted octanol–water partition coefficient (Wildman–Crippen LogP) is 3.15. The van der Waals surface area contributed by atoms with Gasteiger partial charge in [-0.3, -0.25) is 4.79 Å². The molecule has 21 heavy (non-hydrogen) atoms. The number of aromatic nitrogens is 1. The molecule has 6 heteroatoms. The Hall–Kier alpha value is -1.15. The highest BCUT2D eigenvalue weighted by molar-refractivity contribution is 14.1. The van der Waals surface area contributed by atoms with Gasteiger partial charge >= 0.3 is 0 Å². The highest BCUT2D eigenvalue weighted by atomic mass is 127. The molecule has 3 rings (SSSR count). The van der Waals surface area contributed by atoms with Gasteiger partial charge < -0.3 is 10.2 Å². The molecule has 1 aliphatic heterocycles. The van der Waals surface area contributed by atoms with Crippen molar-refractivity contribution in [3.8, 4) is 0 Å². The summed E-state index contributed by atoms with van der Waals surface area (Å²) in [7, 11) is 0. The third-order valence-electron chi connectivity index (χ3n) is 3.63. The fourth-order valence-corrected chi connectivity index (χ4v) is 3.88. The maximum atomic E-state index is 12.2. The first-order valence-corrected chi connectivity index (χ1v) is 8.90. The first-order valence-electron chi connectivity index (χ1n) is 6.94. The minimum absolute atomic E-state index is 0.000459. The van der Waals surface area contributed by atoms with E-state index in [-0.39, 0.29) is 5.91 Å². The zero-order valence-corrected chi connectivity index (χ0v) is 14.4. The van der Waals surface area contributed by atoms with Gasteiger partial charge in [0.15, 0.2) is 5.13 Å². The van der Waals surface area contributed by atoms with Crippen LogP contribution < -0.4 is 10.2 Å². The van der Waals surface area contributed by atoms with Crippen molar-refractivity contribution in [1.82, 2.24) is 10.3 Å². The van der Waals surface area contributed by atoms with E-state index in [1.54, 1.807) is 11.3 Å². The van der Waals surface area contributed by atoms with E-state index in [0.717, 1.165) is 33.7 Å². The smallest absolute Gasteiger partial charge is 0.251 e. The van der Waals surface area contributed by atoms with E-state index < -0.39 is 0 Å². The van der Waals surface area contributed by atoms with Gasteiger partial charge in [-0.05, 0) is 53.6 Å². The number of hydrogen-bond donors (Lipinski definition) is 1. The number of benzene rings is 1. The van der Waals surface area contributed by atoms with Gasteiger partial charge in [-0.15, -0.1) is 11.3 Å². The molecule has 2 aromatic rings. The van der Waals surface area contributed by atoms with E-state index in [1.807, 2.05) is 35.8 Å². The Labute approximate surface area is 141 Å². The molecule has 0 bridgehead atoms. The second-order valence-electron chi connectivity index (χ2n) is 5.02. The predicted molar refractivity (Wildman–Crippen MR) is 94.0 cm³/mol.